The van der Waals surface area contributed by atoms with Crippen molar-refractivity contribution in [1.82, 2.24) is 9.19 Å². The maximum atomic E-state index is 11.9. The van der Waals surface area contributed by atoms with E-state index in [9.17, 15) is 8.68 Å². The van der Waals surface area contributed by atoms with Crippen LogP contribution in [0.4, 0.5) is 3.89 Å². The highest BCUT2D eigenvalue weighted by molar-refractivity contribution is 9.13. The van der Waals surface area contributed by atoms with Gasteiger partial charge in [-0.1, -0.05) is 0 Å². The Kier molecular flexibility index (Phi) is 3.08. The lowest BCUT2D eigenvalue weighted by molar-refractivity contribution is 0.834. The van der Waals surface area contributed by atoms with Gasteiger partial charge in [-0.15, -0.1) is 7.97 Å². The molecule has 0 saturated carbocycles. The first-order valence-corrected chi connectivity index (χ1v) is 4.65. The number of aromatic nitrogens is 2. The minimum atomic E-state index is -0.521. The Balaban J connectivity index is 3.37. The molecule has 3 nitrogen and oxygen atoms in total. The fourth-order valence-electron chi connectivity index (χ4n) is 0.448. The molecule has 1 rings (SSSR count). The summed E-state index contributed by atoms with van der Waals surface area (Å²) in [5, 5.41) is 3.47. The minimum absolute atomic E-state index is 0.239. The normalized spacial score (nSPS) is 10.1. The molecule has 60 valence electrons. The molecule has 1 heterocycles. The molecule has 11 heavy (non-hydrogen) atoms. The van der Waals surface area contributed by atoms with Crippen molar-refractivity contribution in [3.8, 4) is 0 Å². The van der Waals surface area contributed by atoms with Gasteiger partial charge in [0.1, 0.15) is 4.47 Å². The molecular formula is C4HBr2FN2OS. The number of hydrogen-bond donors (Lipinski definition) is 0. The van der Waals surface area contributed by atoms with Crippen LogP contribution < -0.4 is 5.56 Å². The average Bonchev–Trinajstić information content (AvgIpc) is 2.01. The molecule has 0 spiro atoms. The van der Waals surface area contributed by atoms with Gasteiger partial charge < -0.3 is 0 Å². The molecule has 0 N–H and O–H groups in total. The zero-order chi connectivity index (χ0) is 8.43. The summed E-state index contributed by atoms with van der Waals surface area (Å²) in [6.45, 7) is 0. The van der Waals surface area contributed by atoms with Crippen LogP contribution in [-0.2, 0) is 0 Å². The summed E-state index contributed by atoms with van der Waals surface area (Å²) in [6, 6.07) is 0. The fourth-order valence-corrected chi connectivity index (χ4v) is 1.33. The van der Waals surface area contributed by atoms with Gasteiger partial charge in [0.2, 0.25) is 0 Å². The van der Waals surface area contributed by atoms with Gasteiger partial charge in [0, 0.05) is 0 Å². The Morgan fingerprint density at radius 2 is 2.27 bits per heavy atom. The van der Waals surface area contributed by atoms with Gasteiger partial charge in [-0.3, -0.25) is 4.79 Å². The SMILES string of the molecule is O=c1c(Br)c(Br)cnn1SF. The molecule has 0 unspecified atom stereocenters. The number of halogens is 3. The molecule has 0 aliphatic heterocycles. The Labute approximate surface area is 82.7 Å². The standard InChI is InChI=1S/C4HBr2FN2OS/c5-2-1-8-9(11-7)4(10)3(2)6/h1H. The van der Waals surface area contributed by atoms with Crippen molar-refractivity contribution >= 4 is 44.2 Å². The second-order valence-corrected chi connectivity index (χ2v) is 3.68. The maximum Gasteiger partial charge on any atom is 0.294 e. The van der Waals surface area contributed by atoms with E-state index in [4.69, 9.17) is 0 Å². The third kappa shape index (κ3) is 1.83. The highest BCUT2D eigenvalue weighted by Gasteiger charge is 2.05. The van der Waals surface area contributed by atoms with Crippen molar-refractivity contribution in [3.05, 3.63) is 25.5 Å². The lowest BCUT2D eigenvalue weighted by Crippen LogP contribution is -2.17. The van der Waals surface area contributed by atoms with Crippen LogP contribution in [0.25, 0.3) is 0 Å². The molecule has 0 amide bonds. The molecule has 0 radical (unpaired) electrons. The van der Waals surface area contributed by atoms with Crippen LogP contribution in [0.2, 0.25) is 0 Å². The van der Waals surface area contributed by atoms with Crippen LogP contribution in [0.1, 0.15) is 0 Å². The molecule has 0 aromatic carbocycles. The molecule has 7 heteroatoms. The first-order chi connectivity index (χ1) is 5.16. The Bertz CT molecular complexity index is 328. The quantitative estimate of drug-likeness (QED) is 0.797. The van der Waals surface area contributed by atoms with Gasteiger partial charge in [0.15, 0.2) is 12.3 Å². The summed E-state index contributed by atoms with van der Waals surface area (Å²) in [5.41, 5.74) is -0.521. The third-order valence-corrected chi connectivity index (χ3v) is 3.20. The number of hydrogen-bond acceptors (Lipinski definition) is 3. The first kappa shape index (κ1) is 9.21. The topological polar surface area (TPSA) is 34.9 Å². The van der Waals surface area contributed by atoms with Crippen molar-refractivity contribution < 1.29 is 3.89 Å². The predicted molar refractivity (Wildman–Crippen MR) is 48.0 cm³/mol. The van der Waals surface area contributed by atoms with E-state index in [0.717, 1.165) is 0 Å². The van der Waals surface area contributed by atoms with E-state index < -0.39 is 5.56 Å². The number of rotatable bonds is 1. The second-order valence-electron chi connectivity index (χ2n) is 1.55. The van der Waals surface area contributed by atoms with Crippen LogP contribution in [0.3, 0.4) is 0 Å². The fraction of sp³-hybridized carbons (Fsp3) is 0. The summed E-state index contributed by atoms with van der Waals surface area (Å²) < 4.78 is 13.3. The van der Waals surface area contributed by atoms with Crippen molar-refractivity contribution in [3.63, 3.8) is 0 Å². The second kappa shape index (κ2) is 3.68. The molecule has 0 atom stereocenters. The lowest BCUT2D eigenvalue weighted by Gasteiger charge is -1.96. The first-order valence-electron chi connectivity index (χ1n) is 2.39. The zero-order valence-electron chi connectivity index (χ0n) is 4.92. The van der Waals surface area contributed by atoms with E-state index in [1.807, 2.05) is 0 Å². The summed E-state index contributed by atoms with van der Waals surface area (Å²) in [4.78, 5) is 11.0. The molecule has 0 aliphatic carbocycles. The van der Waals surface area contributed by atoms with E-state index >= 15 is 0 Å². The third-order valence-electron chi connectivity index (χ3n) is 0.913. The Morgan fingerprint density at radius 3 is 2.82 bits per heavy atom. The molecule has 0 aliphatic rings. The monoisotopic (exact) mass is 302 g/mol. The number of nitrogens with zero attached hydrogens (tertiary/aromatic N) is 2. The van der Waals surface area contributed by atoms with Gasteiger partial charge in [0.25, 0.3) is 5.56 Å². The van der Waals surface area contributed by atoms with Crippen molar-refractivity contribution in [2.45, 2.75) is 0 Å². The Morgan fingerprint density at radius 1 is 1.64 bits per heavy atom. The van der Waals surface area contributed by atoms with E-state index in [1.165, 1.54) is 6.20 Å². The lowest BCUT2D eigenvalue weighted by atomic mass is 10.6. The minimum Gasteiger partial charge on any atom is -0.265 e. The molecule has 1 aromatic rings. The van der Waals surface area contributed by atoms with E-state index in [1.54, 1.807) is 0 Å². The smallest absolute Gasteiger partial charge is 0.265 e. The van der Waals surface area contributed by atoms with Gasteiger partial charge in [0.05, 0.1) is 10.7 Å². The highest BCUT2D eigenvalue weighted by atomic mass is 79.9. The maximum absolute atomic E-state index is 11.9. The van der Waals surface area contributed by atoms with E-state index in [-0.39, 0.29) is 16.8 Å². The average molecular weight is 304 g/mol. The van der Waals surface area contributed by atoms with Gasteiger partial charge >= 0.3 is 0 Å². The molecule has 0 bridgehead atoms. The molecule has 0 saturated heterocycles. The van der Waals surface area contributed by atoms with Crippen LogP contribution in [0.15, 0.2) is 19.9 Å². The zero-order valence-corrected chi connectivity index (χ0v) is 8.91. The van der Waals surface area contributed by atoms with Crippen LogP contribution in [0.5, 0.6) is 0 Å². The van der Waals surface area contributed by atoms with Crippen LogP contribution >= 0.6 is 44.2 Å². The van der Waals surface area contributed by atoms with E-state index in [0.29, 0.717) is 8.56 Å². The van der Waals surface area contributed by atoms with E-state index in [2.05, 4.69) is 37.0 Å². The summed E-state index contributed by atoms with van der Waals surface area (Å²) in [5.74, 6) is 0. The Hall–Kier alpha value is 0.120. The predicted octanol–water partition coefficient (Wildman–Crippen LogP) is 2.15. The van der Waals surface area contributed by atoms with Gasteiger partial charge in [-0.25, -0.2) is 0 Å². The summed E-state index contributed by atoms with van der Waals surface area (Å²) in [7, 11) is 0. The van der Waals surface area contributed by atoms with Gasteiger partial charge in [-0.05, 0) is 31.9 Å². The summed E-state index contributed by atoms with van der Waals surface area (Å²) in [6.07, 6.45) is 1.33. The summed E-state index contributed by atoms with van der Waals surface area (Å²) >= 11 is 5.79. The van der Waals surface area contributed by atoms with Crippen LogP contribution in [0, 0.1) is 0 Å². The highest BCUT2D eigenvalue weighted by Crippen LogP contribution is 2.17. The van der Waals surface area contributed by atoms with Crippen LogP contribution in [-0.4, -0.2) is 9.19 Å². The molecule has 1 aromatic heterocycles. The van der Waals surface area contributed by atoms with Crippen molar-refractivity contribution in [2.75, 3.05) is 0 Å². The van der Waals surface area contributed by atoms with Gasteiger partial charge in [-0.2, -0.15) is 5.10 Å². The van der Waals surface area contributed by atoms with Crippen molar-refractivity contribution in [2.24, 2.45) is 0 Å². The largest absolute Gasteiger partial charge is 0.294 e. The van der Waals surface area contributed by atoms with Crippen molar-refractivity contribution in [1.29, 1.82) is 0 Å². The molecular weight excluding hydrogens is 303 g/mol. The molecule has 0 fully saturated rings.